The predicted octanol–water partition coefficient (Wildman–Crippen LogP) is 3.28. The third-order valence-corrected chi connectivity index (χ3v) is 4.06. The van der Waals surface area contributed by atoms with Gasteiger partial charge in [-0.25, -0.2) is 4.98 Å². The van der Waals surface area contributed by atoms with Crippen LogP contribution in [0.15, 0.2) is 17.1 Å². The Bertz CT molecular complexity index is 649. The first-order chi connectivity index (χ1) is 13.7. The molecule has 0 aliphatic carbocycles. The van der Waals surface area contributed by atoms with Crippen molar-refractivity contribution in [2.75, 3.05) is 40.4 Å². The molecular formula is C22H39N3O5. The normalized spacial score (nSPS) is 14.0. The highest BCUT2D eigenvalue weighted by Gasteiger charge is 2.24. The molecule has 1 saturated heterocycles. The molecule has 0 saturated carbocycles. The minimum Gasteiger partial charge on any atom is -0.451 e. The van der Waals surface area contributed by atoms with Gasteiger partial charge >= 0.3 is 0 Å². The Balaban J connectivity index is 0.000000423. The summed E-state index contributed by atoms with van der Waals surface area (Å²) >= 11 is 0. The summed E-state index contributed by atoms with van der Waals surface area (Å²) in [4.78, 5) is 40.8. The van der Waals surface area contributed by atoms with Gasteiger partial charge in [0.1, 0.15) is 12.0 Å². The molecule has 1 aliphatic rings. The fourth-order valence-electron chi connectivity index (χ4n) is 2.42. The second kappa shape index (κ2) is 12.5. The molecule has 1 aromatic heterocycles. The lowest BCUT2D eigenvalue weighted by atomic mass is 9.89. The molecule has 0 bridgehead atoms. The summed E-state index contributed by atoms with van der Waals surface area (Å²) in [5.74, 6) is 0.414. The van der Waals surface area contributed by atoms with Gasteiger partial charge in [0.25, 0.3) is 0 Å². The van der Waals surface area contributed by atoms with Crippen LogP contribution in [-0.2, 0) is 14.3 Å². The zero-order chi connectivity index (χ0) is 23.5. The van der Waals surface area contributed by atoms with Gasteiger partial charge in [0, 0.05) is 44.4 Å². The lowest BCUT2D eigenvalue weighted by Gasteiger charge is -2.26. The monoisotopic (exact) mass is 425 g/mol. The summed E-state index contributed by atoms with van der Waals surface area (Å²) in [6, 6.07) is 0. The third-order valence-electron chi connectivity index (χ3n) is 4.06. The van der Waals surface area contributed by atoms with Crippen molar-refractivity contribution in [3.63, 3.8) is 0 Å². The number of hydrogen-bond donors (Lipinski definition) is 0. The van der Waals surface area contributed by atoms with Crippen molar-refractivity contribution in [3.8, 4) is 0 Å². The first-order valence-corrected chi connectivity index (χ1v) is 10.2. The molecule has 172 valence electrons. The third kappa shape index (κ3) is 10.5. The van der Waals surface area contributed by atoms with Crippen LogP contribution >= 0.6 is 0 Å². The minimum absolute atomic E-state index is 0.00579. The Kier molecular flexibility index (Phi) is 11.5. The zero-order valence-corrected chi connectivity index (χ0v) is 20.1. The van der Waals surface area contributed by atoms with Crippen molar-refractivity contribution in [1.29, 1.82) is 0 Å². The van der Waals surface area contributed by atoms with Crippen molar-refractivity contribution in [2.24, 2.45) is 10.8 Å². The zero-order valence-electron chi connectivity index (χ0n) is 20.1. The van der Waals surface area contributed by atoms with E-state index in [-0.39, 0.29) is 28.4 Å². The summed E-state index contributed by atoms with van der Waals surface area (Å²) in [5.41, 5.74) is -0.210. The molecule has 0 radical (unpaired) electrons. The highest BCUT2D eigenvalue weighted by Crippen LogP contribution is 2.19. The summed E-state index contributed by atoms with van der Waals surface area (Å²) in [7, 11) is 3.54. The average Bonchev–Trinajstić information content (AvgIpc) is 3.21. The van der Waals surface area contributed by atoms with Crippen LogP contribution < -0.4 is 0 Å². The highest BCUT2D eigenvalue weighted by molar-refractivity contribution is 5.97. The Morgan fingerprint density at radius 3 is 1.87 bits per heavy atom. The van der Waals surface area contributed by atoms with Crippen LogP contribution in [0.1, 0.15) is 65.4 Å². The van der Waals surface area contributed by atoms with Gasteiger partial charge in [0.05, 0.1) is 13.2 Å². The van der Waals surface area contributed by atoms with Crippen LogP contribution in [0.25, 0.3) is 0 Å². The Morgan fingerprint density at radius 2 is 1.57 bits per heavy atom. The van der Waals surface area contributed by atoms with Crippen molar-refractivity contribution < 1.29 is 23.5 Å². The summed E-state index contributed by atoms with van der Waals surface area (Å²) in [6.45, 7) is 16.1. The number of ketones is 1. The van der Waals surface area contributed by atoms with E-state index in [2.05, 4.69) is 4.98 Å². The Hall–Kier alpha value is -2.22. The SMILES string of the molecule is CC(C)(C)C(=O)c1cocn1.CCC(=O)N1CCOCC1.CN(C)C(=O)C(C)(C)C. The molecule has 8 nitrogen and oxygen atoms in total. The number of rotatable bonds is 2. The van der Waals surface area contributed by atoms with Gasteiger partial charge < -0.3 is 19.0 Å². The smallest absolute Gasteiger partial charge is 0.227 e. The molecule has 0 aromatic carbocycles. The predicted molar refractivity (Wildman–Crippen MR) is 116 cm³/mol. The van der Waals surface area contributed by atoms with E-state index in [4.69, 9.17) is 9.15 Å². The van der Waals surface area contributed by atoms with Gasteiger partial charge in [0.2, 0.25) is 11.8 Å². The van der Waals surface area contributed by atoms with Crippen LogP contribution in [0.4, 0.5) is 0 Å². The Morgan fingerprint density at radius 1 is 1.03 bits per heavy atom. The standard InChI is InChI=1S/C8H11NO2.C7H13NO2.C7H15NO/c1-8(2,3)7(10)6-4-11-5-9-6;1-2-7(9)8-3-5-10-6-4-8;1-7(2,3)6(9)8(4)5/h4-5H,1-3H3;2-6H2,1H3;1-5H3. The van der Waals surface area contributed by atoms with Crippen LogP contribution in [0, 0.1) is 10.8 Å². The van der Waals surface area contributed by atoms with Crippen LogP contribution in [0.3, 0.4) is 0 Å². The van der Waals surface area contributed by atoms with Crippen molar-refractivity contribution in [1.82, 2.24) is 14.8 Å². The molecule has 1 fully saturated rings. The molecule has 1 aliphatic heterocycles. The molecule has 2 heterocycles. The molecule has 0 unspecified atom stereocenters. The van der Waals surface area contributed by atoms with E-state index in [9.17, 15) is 14.4 Å². The quantitative estimate of drug-likeness (QED) is 0.675. The molecule has 0 spiro atoms. The lowest BCUT2D eigenvalue weighted by molar-refractivity contribution is -0.136. The van der Waals surface area contributed by atoms with E-state index >= 15 is 0 Å². The van der Waals surface area contributed by atoms with E-state index in [1.165, 1.54) is 12.7 Å². The first kappa shape index (κ1) is 27.8. The summed E-state index contributed by atoms with van der Waals surface area (Å²) in [5, 5.41) is 0. The van der Waals surface area contributed by atoms with E-state index in [0.717, 1.165) is 13.1 Å². The molecule has 2 amide bonds. The van der Waals surface area contributed by atoms with Gasteiger partial charge in [0.15, 0.2) is 12.2 Å². The molecule has 0 N–H and O–H groups in total. The second-order valence-corrected chi connectivity index (χ2v) is 9.25. The van der Waals surface area contributed by atoms with Crippen LogP contribution in [0.2, 0.25) is 0 Å². The number of amides is 2. The van der Waals surface area contributed by atoms with E-state index in [1.807, 2.05) is 53.4 Å². The summed E-state index contributed by atoms with van der Waals surface area (Å²) < 4.78 is 9.80. The van der Waals surface area contributed by atoms with Gasteiger partial charge in [-0.15, -0.1) is 0 Å². The number of hydrogen-bond acceptors (Lipinski definition) is 6. The number of nitrogens with zero attached hydrogens (tertiary/aromatic N) is 3. The van der Waals surface area contributed by atoms with Gasteiger partial charge in [-0.05, 0) is 0 Å². The van der Waals surface area contributed by atoms with Gasteiger partial charge in [-0.1, -0.05) is 48.5 Å². The second-order valence-electron chi connectivity index (χ2n) is 9.25. The van der Waals surface area contributed by atoms with Gasteiger partial charge in [-0.2, -0.15) is 0 Å². The molecule has 30 heavy (non-hydrogen) atoms. The van der Waals surface area contributed by atoms with E-state index in [0.29, 0.717) is 25.3 Å². The number of carbonyl (C=O) groups is 3. The largest absolute Gasteiger partial charge is 0.451 e. The van der Waals surface area contributed by atoms with Crippen molar-refractivity contribution >= 4 is 17.6 Å². The number of morpholine rings is 1. The fourth-order valence-corrected chi connectivity index (χ4v) is 2.42. The van der Waals surface area contributed by atoms with Crippen molar-refractivity contribution in [2.45, 2.75) is 54.9 Å². The topological polar surface area (TPSA) is 92.9 Å². The minimum atomic E-state index is -0.378. The molecular weight excluding hydrogens is 386 g/mol. The molecule has 1 aromatic rings. The molecule has 8 heteroatoms. The van der Waals surface area contributed by atoms with Crippen LogP contribution in [-0.4, -0.2) is 72.8 Å². The first-order valence-electron chi connectivity index (χ1n) is 10.2. The maximum atomic E-state index is 11.4. The highest BCUT2D eigenvalue weighted by atomic mass is 16.5. The van der Waals surface area contributed by atoms with E-state index in [1.54, 1.807) is 19.0 Å². The maximum absolute atomic E-state index is 11.4. The lowest BCUT2D eigenvalue weighted by Crippen LogP contribution is -2.40. The average molecular weight is 426 g/mol. The van der Waals surface area contributed by atoms with E-state index < -0.39 is 0 Å². The number of carbonyl (C=O) groups excluding carboxylic acids is 3. The Labute approximate surface area is 181 Å². The molecule has 2 rings (SSSR count). The number of Topliss-reactive ketones (excluding diaryl/α,β-unsaturated/α-hetero) is 1. The molecule has 0 atom stereocenters. The summed E-state index contributed by atoms with van der Waals surface area (Å²) in [6.07, 6.45) is 3.24. The van der Waals surface area contributed by atoms with Gasteiger partial charge in [-0.3, -0.25) is 14.4 Å². The maximum Gasteiger partial charge on any atom is 0.227 e. The number of aromatic nitrogens is 1. The number of oxazole rings is 1. The fraction of sp³-hybridized carbons (Fsp3) is 0.727. The number of ether oxygens (including phenoxy) is 1. The van der Waals surface area contributed by atoms with Crippen LogP contribution in [0.5, 0.6) is 0 Å². The van der Waals surface area contributed by atoms with Crippen molar-refractivity contribution in [3.05, 3.63) is 18.4 Å².